The fourth-order valence-corrected chi connectivity index (χ4v) is 5.49. The number of halogens is 1. The second-order valence-corrected chi connectivity index (χ2v) is 10.2. The summed E-state index contributed by atoms with van der Waals surface area (Å²) in [6, 6.07) is 10.4. The molecule has 0 bridgehead atoms. The highest BCUT2D eigenvalue weighted by molar-refractivity contribution is 9.10. The van der Waals surface area contributed by atoms with Gasteiger partial charge in [0.05, 0.1) is 18.6 Å². The van der Waals surface area contributed by atoms with Crippen molar-refractivity contribution >= 4 is 36.9 Å². The SMILES string of the molecule is COc1ccc(Br)c2c(C3COC(C)(C)O3)cn(S(=O)(=O)c3ccc(C)cc3)c12. The molecule has 2 heterocycles. The maximum Gasteiger partial charge on any atom is 0.268 e. The third-order valence-electron chi connectivity index (χ3n) is 5.01. The summed E-state index contributed by atoms with van der Waals surface area (Å²) in [6.45, 7) is 5.93. The van der Waals surface area contributed by atoms with E-state index in [9.17, 15) is 8.42 Å². The molecule has 0 aliphatic carbocycles. The lowest BCUT2D eigenvalue weighted by molar-refractivity contribution is -0.138. The normalized spacial score (nSPS) is 19.0. The Morgan fingerprint density at radius 3 is 2.45 bits per heavy atom. The molecule has 0 amide bonds. The summed E-state index contributed by atoms with van der Waals surface area (Å²) in [5.74, 6) is -0.274. The van der Waals surface area contributed by atoms with E-state index in [1.54, 1.807) is 36.5 Å². The minimum absolute atomic E-state index is 0.206. The van der Waals surface area contributed by atoms with Gasteiger partial charge in [0.1, 0.15) is 17.4 Å². The highest BCUT2D eigenvalue weighted by Gasteiger charge is 2.37. The van der Waals surface area contributed by atoms with E-state index in [1.165, 1.54) is 11.1 Å². The lowest BCUT2D eigenvalue weighted by atomic mass is 10.1. The van der Waals surface area contributed by atoms with Gasteiger partial charge in [-0.3, -0.25) is 0 Å². The molecule has 1 aliphatic heterocycles. The van der Waals surface area contributed by atoms with Crippen LogP contribution in [0.15, 0.2) is 52.0 Å². The molecule has 0 N–H and O–H groups in total. The summed E-state index contributed by atoms with van der Waals surface area (Å²) in [6.07, 6.45) is 1.22. The summed E-state index contributed by atoms with van der Waals surface area (Å²) in [5, 5.41) is 0.728. The molecular formula is C21H22BrNO5S. The Labute approximate surface area is 178 Å². The molecule has 29 heavy (non-hydrogen) atoms. The average Bonchev–Trinajstić information content (AvgIpc) is 3.24. The predicted molar refractivity (Wildman–Crippen MR) is 114 cm³/mol. The maximum absolute atomic E-state index is 13.5. The summed E-state index contributed by atoms with van der Waals surface area (Å²) in [7, 11) is -2.33. The highest BCUT2D eigenvalue weighted by atomic mass is 79.9. The molecule has 3 aromatic rings. The first-order valence-corrected chi connectivity index (χ1v) is 11.4. The number of hydrogen-bond donors (Lipinski definition) is 0. The number of fused-ring (bicyclic) bond motifs is 1. The van der Waals surface area contributed by atoms with E-state index < -0.39 is 21.9 Å². The van der Waals surface area contributed by atoms with Gasteiger partial charge >= 0.3 is 0 Å². The van der Waals surface area contributed by atoms with E-state index in [1.807, 2.05) is 26.8 Å². The Bertz CT molecular complexity index is 1180. The Morgan fingerprint density at radius 1 is 1.17 bits per heavy atom. The minimum atomic E-state index is -3.85. The lowest BCUT2D eigenvalue weighted by Gasteiger charge is -2.17. The third-order valence-corrected chi connectivity index (χ3v) is 7.34. The largest absolute Gasteiger partial charge is 0.495 e. The molecule has 1 aromatic heterocycles. The van der Waals surface area contributed by atoms with Crippen LogP contribution in [-0.2, 0) is 19.5 Å². The zero-order chi connectivity index (χ0) is 21.0. The lowest BCUT2D eigenvalue weighted by Crippen LogP contribution is -2.19. The maximum atomic E-state index is 13.5. The second kappa shape index (κ2) is 7.12. The van der Waals surface area contributed by atoms with Crippen LogP contribution in [0.1, 0.15) is 31.1 Å². The first-order chi connectivity index (χ1) is 13.6. The van der Waals surface area contributed by atoms with Crippen LogP contribution in [0.4, 0.5) is 0 Å². The van der Waals surface area contributed by atoms with Crippen LogP contribution in [0.2, 0.25) is 0 Å². The van der Waals surface area contributed by atoms with Crippen molar-refractivity contribution < 1.29 is 22.6 Å². The van der Waals surface area contributed by atoms with Crippen molar-refractivity contribution in [2.24, 2.45) is 0 Å². The zero-order valence-electron chi connectivity index (χ0n) is 16.6. The Hall–Kier alpha value is -1.87. The van der Waals surface area contributed by atoms with E-state index in [-0.39, 0.29) is 4.90 Å². The Kier molecular flexibility index (Phi) is 5.01. The van der Waals surface area contributed by atoms with Crippen molar-refractivity contribution in [2.45, 2.75) is 37.6 Å². The van der Waals surface area contributed by atoms with E-state index in [0.717, 1.165) is 21.0 Å². The number of nitrogens with zero attached hydrogens (tertiary/aromatic N) is 1. The molecule has 154 valence electrons. The summed E-state index contributed by atoms with van der Waals surface area (Å²) in [5.41, 5.74) is 2.18. The van der Waals surface area contributed by atoms with Crippen molar-refractivity contribution in [3.05, 3.63) is 58.2 Å². The zero-order valence-corrected chi connectivity index (χ0v) is 19.0. The summed E-state index contributed by atoms with van der Waals surface area (Å²) >= 11 is 3.57. The number of rotatable bonds is 4. The molecule has 8 heteroatoms. The molecule has 1 unspecified atom stereocenters. The smallest absolute Gasteiger partial charge is 0.268 e. The van der Waals surface area contributed by atoms with Crippen LogP contribution in [0.3, 0.4) is 0 Å². The van der Waals surface area contributed by atoms with Gasteiger partial charge in [-0.2, -0.15) is 0 Å². The molecule has 1 saturated heterocycles. The van der Waals surface area contributed by atoms with Crippen molar-refractivity contribution in [2.75, 3.05) is 13.7 Å². The van der Waals surface area contributed by atoms with Crippen LogP contribution >= 0.6 is 15.9 Å². The van der Waals surface area contributed by atoms with Gasteiger partial charge in [-0.25, -0.2) is 12.4 Å². The van der Waals surface area contributed by atoms with Crippen LogP contribution in [0.5, 0.6) is 5.75 Å². The van der Waals surface area contributed by atoms with Gasteiger partial charge in [0.25, 0.3) is 10.0 Å². The minimum Gasteiger partial charge on any atom is -0.495 e. The van der Waals surface area contributed by atoms with E-state index in [2.05, 4.69) is 15.9 Å². The monoisotopic (exact) mass is 479 g/mol. The first kappa shape index (κ1) is 20.4. The van der Waals surface area contributed by atoms with Crippen molar-refractivity contribution in [1.82, 2.24) is 3.97 Å². The van der Waals surface area contributed by atoms with Gasteiger partial charge < -0.3 is 14.2 Å². The van der Waals surface area contributed by atoms with Gasteiger partial charge in [0.2, 0.25) is 0 Å². The number of ether oxygens (including phenoxy) is 3. The summed E-state index contributed by atoms with van der Waals surface area (Å²) in [4.78, 5) is 0.206. The predicted octanol–water partition coefficient (Wildman–Crippen LogP) is 4.78. The van der Waals surface area contributed by atoms with E-state index in [0.29, 0.717) is 17.9 Å². The fourth-order valence-electron chi connectivity index (χ4n) is 3.56. The van der Waals surface area contributed by atoms with Crippen molar-refractivity contribution in [3.8, 4) is 5.75 Å². The Morgan fingerprint density at radius 2 is 1.86 bits per heavy atom. The first-order valence-electron chi connectivity index (χ1n) is 9.15. The van der Waals surface area contributed by atoms with E-state index in [4.69, 9.17) is 14.2 Å². The van der Waals surface area contributed by atoms with Gasteiger partial charge in [0.15, 0.2) is 5.79 Å². The topological polar surface area (TPSA) is 66.8 Å². The number of aromatic nitrogens is 1. The molecule has 0 spiro atoms. The molecule has 2 aromatic carbocycles. The average molecular weight is 480 g/mol. The fraction of sp³-hybridized carbons (Fsp3) is 0.333. The van der Waals surface area contributed by atoms with Crippen LogP contribution < -0.4 is 4.74 Å². The molecule has 1 aliphatic rings. The number of aryl methyl sites for hydroxylation is 1. The van der Waals surface area contributed by atoms with Crippen LogP contribution in [0.25, 0.3) is 10.9 Å². The van der Waals surface area contributed by atoms with Gasteiger partial charge in [0, 0.05) is 21.6 Å². The molecule has 4 rings (SSSR count). The quantitative estimate of drug-likeness (QED) is 0.538. The molecule has 0 saturated carbocycles. The standard InChI is InChI=1S/C21H22BrNO5S/c1-13-5-7-14(8-6-13)29(24,25)23-11-15(18-12-27-21(2,3)28-18)19-16(22)9-10-17(26-4)20(19)23/h5-11,18H,12H2,1-4H3. The van der Waals surface area contributed by atoms with Crippen LogP contribution in [0, 0.1) is 6.92 Å². The van der Waals surface area contributed by atoms with Gasteiger partial charge in [-0.1, -0.05) is 33.6 Å². The molecular weight excluding hydrogens is 458 g/mol. The molecule has 6 nitrogen and oxygen atoms in total. The number of methoxy groups -OCH3 is 1. The Balaban J connectivity index is 1.99. The van der Waals surface area contributed by atoms with Gasteiger partial charge in [-0.05, 0) is 45.0 Å². The van der Waals surface area contributed by atoms with Gasteiger partial charge in [-0.15, -0.1) is 0 Å². The van der Waals surface area contributed by atoms with E-state index >= 15 is 0 Å². The van der Waals surface area contributed by atoms with Crippen molar-refractivity contribution in [3.63, 3.8) is 0 Å². The second-order valence-electron chi connectivity index (χ2n) is 7.49. The van der Waals surface area contributed by atoms with Crippen LogP contribution in [-0.4, -0.2) is 31.9 Å². The highest BCUT2D eigenvalue weighted by Crippen LogP contribution is 2.43. The number of benzene rings is 2. The molecule has 1 fully saturated rings. The molecule has 0 radical (unpaired) electrons. The summed E-state index contributed by atoms with van der Waals surface area (Å²) < 4.78 is 46.3. The van der Waals surface area contributed by atoms with Crippen molar-refractivity contribution in [1.29, 1.82) is 0 Å². The number of hydrogen-bond acceptors (Lipinski definition) is 5. The third kappa shape index (κ3) is 3.48. The molecule has 1 atom stereocenters.